The third-order valence-electron chi connectivity index (χ3n) is 2.33. The van der Waals surface area contributed by atoms with Crippen LogP contribution in [0.15, 0.2) is 10.8 Å². The van der Waals surface area contributed by atoms with Gasteiger partial charge in [0, 0.05) is 25.1 Å². The molecule has 0 N–H and O–H groups in total. The van der Waals surface area contributed by atoms with Crippen molar-refractivity contribution in [3.05, 3.63) is 17.5 Å². The van der Waals surface area contributed by atoms with Crippen LogP contribution in [-0.4, -0.2) is 23.1 Å². The average molecular weight is 166 g/mol. The molecule has 0 saturated heterocycles. The quantitative estimate of drug-likeness (QED) is 0.665. The molecule has 3 nitrogen and oxygen atoms in total. The summed E-state index contributed by atoms with van der Waals surface area (Å²) in [5.41, 5.74) is 2.43. The van der Waals surface area contributed by atoms with Gasteiger partial charge in [0.2, 0.25) is 0 Å². The number of hydrogen-bond donors (Lipinski definition) is 0. The number of nitrogens with zero attached hydrogens (tertiary/aromatic N) is 2. The Morgan fingerprint density at radius 2 is 2.58 bits per heavy atom. The number of aromatic nitrogens is 1. The largest absolute Gasteiger partial charge is 0.364 e. The fourth-order valence-electron chi connectivity index (χ4n) is 1.71. The van der Waals surface area contributed by atoms with Crippen molar-refractivity contribution in [2.45, 2.75) is 26.3 Å². The fraction of sp³-hybridized carbons (Fsp3) is 0.667. The van der Waals surface area contributed by atoms with Crippen molar-refractivity contribution in [1.29, 1.82) is 0 Å². The molecule has 1 aromatic rings. The maximum Gasteiger partial charge on any atom is 0.128 e. The zero-order chi connectivity index (χ0) is 8.39. The van der Waals surface area contributed by atoms with Gasteiger partial charge in [-0.1, -0.05) is 12.1 Å². The molecule has 0 unspecified atom stereocenters. The van der Waals surface area contributed by atoms with Crippen LogP contribution in [0.2, 0.25) is 0 Å². The highest BCUT2D eigenvalue weighted by atomic mass is 16.5. The van der Waals surface area contributed by atoms with Crippen LogP contribution >= 0.6 is 0 Å². The van der Waals surface area contributed by atoms with Crippen molar-refractivity contribution in [2.75, 3.05) is 13.1 Å². The highest BCUT2D eigenvalue weighted by molar-refractivity contribution is 5.17. The Morgan fingerprint density at radius 3 is 3.42 bits per heavy atom. The van der Waals surface area contributed by atoms with Crippen LogP contribution in [0.1, 0.15) is 24.6 Å². The van der Waals surface area contributed by atoms with Gasteiger partial charge < -0.3 is 4.52 Å². The van der Waals surface area contributed by atoms with E-state index >= 15 is 0 Å². The smallest absolute Gasteiger partial charge is 0.128 e. The van der Waals surface area contributed by atoms with Gasteiger partial charge in [-0.25, -0.2) is 0 Å². The van der Waals surface area contributed by atoms with Gasteiger partial charge in [0.15, 0.2) is 0 Å². The van der Waals surface area contributed by atoms with Crippen molar-refractivity contribution < 1.29 is 4.52 Å². The molecule has 1 aliphatic heterocycles. The fourth-order valence-corrected chi connectivity index (χ4v) is 1.71. The SMILES string of the molecule is CCCN1CCc2nocc2C1. The predicted molar refractivity (Wildman–Crippen MR) is 45.8 cm³/mol. The highest BCUT2D eigenvalue weighted by Crippen LogP contribution is 2.16. The summed E-state index contributed by atoms with van der Waals surface area (Å²) >= 11 is 0. The highest BCUT2D eigenvalue weighted by Gasteiger charge is 2.17. The Labute approximate surface area is 72.3 Å². The van der Waals surface area contributed by atoms with Gasteiger partial charge in [-0.15, -0.1) is 0 Å². The molecule has 0 aromatic carbocycles. The van der Waals surface area contributed by atoms with Crippen LogP contribution in [0.5, 0.6) is 0 Å². The van der Waals surface area contributed by atoms with Crippen LogP contribution in [-0.2, 0) is 13.0 Å². The lowest BCUT2D eigenvalue weighted by molar-refractivity contribution is 0.254. The molecule has 0 atom stereocenters. The first-order valence-electron chi connectivity index (χ1n) is 4.54. The molecule has 0 spiro atoms. The predicted octanol–water partition coefficient (Wildman–Crippen LogP) is 1.44. The van der Waals surface area contributed by atoms with E-state index in [0.29, 0.717) is 0 Å². The van der Waals surface area contributed by atoms with Crippen LogP contribution < -0.4 is 0 Å². The molecule has 2 heterocycles. The van der Waals surface area contributed by atoms with Crippen molar-refractivity contribution in [2.24, 2.45) is 0 Å². The van der Waals surface area contributed by atoms with Crippen molar-refractivity contribution in [1.82, 2.24) is 10.1 Å². The van der Waals surface area contributed by atoms with E-state index in [0.717, 1.165) is 25.2 Å². The second kappa shape index (κ2) is 3.27. The molecule has 2 rings (SSSR count). The number of rotatable bonds is 2. The summed E-state index contributed by atoms with van der Waals surface area (Å²) in [6.07, 6.45) is 4.05. The Kier molecular flexibility index (Phi) is 2.13. The molecule has 0 saturated carbocycles. The van der Waals surface area contributed by atoms with Crippen molar-refractivity contribution >= 4 is 0 Å². The van der Waals surface area contributed by atoms with Gasteiger partial charge >= 0.3 is 0 Å². The first-order chi connectivity index (χ1) is 5.90. The molecule has 0 amide bonds. The molecule has 0 bridgehead atoms. The Hall–Kier alpha value is -0.830. The summed E-state index contributed by atoms with van der Waals surface area (Å²) in [6.45, 7) is 5.55. The lowest BCUT2D eigenvalue weighted by Gasteiger charge is -2.24. The standard InChI is InChI=1S/C9H14N2O/c1-2-4-11-5-3-9-8(6-11)7-12-10-9/h7H,2-6H2,1H3. The lowest BCUT2D eigenvalue weighted by Crippen LogP contribution is -2.30. The second-order valence-corrected chi connectivity index (χ2v) is 3.31. The van der Waals surface area contributed by atoms with Crippen molar-refractivity contribution in [3.8, 4) is 0 Å². The Balaban J connectivity index is 2.05. The Morgan fingerprint density at radius 1 is 1.67 bits per heavy atom. The summed E-state index contributed by atoms with van der Waals surface area (Å²) in [5, 5.41) is 3.95. The van der Waals surface area contributed by atoms with Gasteiger partial charge in [0.1, 0.15) is 6.26 Å². The van der Waals surface area contributed by atoms with E-state index in [4.69, 9.17) is 4.52 Å². The van der Waals surface area contributed by atoms with Gasteiger partial charge in [-0.05, 0) is 13.0 Å². The van der Waals surface area contributed by atoms with Crippen LogP contribution in [0, 0.1) is 0 Å². The molecule has 3 heteroatoms. The molecule has 0 aliphatic carbocycles. The van der Waals surface area contributed by atoms with Crippen LogP contribution in [0.25, 0.3) is 0 Å². The first kappa shape index (κ1) is 7.80. The van der Waals surface area contributed by atoms with Crippen LogP contribution in [0.3, 0.4) is 0 Å². The van der Waals surface area contributed by atoms with E-state index in [-0.39, 0.29) is 0 Å². The summed E-state index contributed by atoms with van der Waals surface area (Å²) < 4.78 is 4.92. The normalized spacial score (nSPS) is 17.8. The minimum Gasteiger partial charge on any atom is -0.364 e. The van der Waals surface area contributed by atoms with Crippen LogP contribution in [0.4, 0.5) is 0 Å². The van der Waals surface area contributed by atoms with E-state index < -0.39 is 0 Å². The van der Waals surface area contributed by atoms with E-state index in [2.05, 4.69) is 17.0 Å². The summed E-state index contributed by atoms with van der Waals surface area (Å²) in [6, 6.07) is 0. The van der Waals surface area contributed by atoms with Gasteiger partial charge in [-0.2, -0.15) is 0 Å². The van der Waals surface area contributed by atoms with E-state index in [1.54, 1.807) is 6.26 Å². The minimum atomic E-state index is 1.02. The average Bonchev–Trinajstić information content (AvgIpc) is 2.51. The maximum absolute atomic E-state index is 4.92. The van der Waals surface area contributed by atoms with Gasteiger partial charge in [-0.3, -0.25) is 4.90 Å². The molecule has 1 aromatic heterocycles. The zero-order valence-corrected chi connectivity index (χ0v) is 7.42. The summed E-state index contributed by atoms with van der Waals surface area (Å²) in [5.74, 6) is 0. The van der Waals surface area contributed by atoms with E-state index in [1.807, 2.05) is 0 Å². The first-order valence-corrected chi connectivity index (χ1v) is 4.54. The number of fused-ring (bicyclic) bond motifs is 1. The topological polar surface area (TPSA) is 29.3 Å². The third kappa shape index (κ3) is 1.37. The monoisotopic (exact) mass is 166 g/mol. The molecule has 12 heavy (non-hydrogen) atoms. The molecule has 66 valence electrons. The third-order valence-corrected chi connectivity index (χ3v) is 2.33. The van der Waals surface area contributed by atoms with E-state index in [1.165, 1.54) is 18.5 Å². The van der Waals surface area contributed by atoms with Crippen molar-refractivity contribution in [3.63, 3.8) is 0 Å². The Bertz CT molecular complexity index is 257. The molecular weight excluding hydrogens is 152 g/mol. The second-order valence-electron chi connectivity index (χ2n) is 3.31. The number of hydrogen-bond acceptors (Lipinski definition) is 3. The summed E-state index contributed by atoms with van der Waals surface area (Å²) in [7, 11) is 0. The zero-order valence-electron chi connectivity index (χ0n) is 7.42. The maximum atomic E-state index is 4.92. The van der Waals surface area contributed by atoms with E-state index in [9.17, 15) is 0 Å². The van der Waals surface area contributed by atoms with Gasteiger partial charge in [0.25, 0.3) is 0 Å². The molecule has 0 fully saturated rings. The lowest BCUT2D eigenvalue weighted by atomic mass is 10.1. The van der Waals surface area contributed by atoms with Gasteiger partial charge in [0.05, 0.1) is 5.69 Å². The molecule has 0 radical (unpaired) electrons. The summed E-state index contributed by atoms with van der Waals surface area (Å²) in [4.78, 5) is 2.44. The molecule has 1 aliphatic rings. The molecular formula is C9H14N2O. The minimum absolute atomic E-state index is 1.02.